The summed E-state index contributed by atoms with van der Waals surface area (Å²) in [7, 11) is -3.70. The molecule has 102 valence electrons. The Morgan fingerprint density at radius 3 is 2.67 bits per heavy atom. The van der Waals surface area contributed by atoms with E-state index in [1.807, 2.05) is 0 Å². The molecule has 1 heterocycles. The van der Waals surface area contributed by atoms with Crippen LogP contribution < -0.4 is 4.72 Å². The molecule has 0 aliphatic rings. The van der Waals surface area contributed by atoms with Crippen molar-refractivity contribution in [1.82, 2.24) is 4.72 Å². The highest BCUT2D eigenvalue weighted by Gasteiger charge is 2.19. The number of carboxylic acids is 1. The molecule has 0 aromatic carbocycles. The minimum atomic E-state index is -3.70. The molecule has 0 spiro atoms. The highest BCUT2D eigenvalue weighted by atomic mass is 35.5. The fraction of sp³-hybridized carbons (Fsp3) is 0.444. The number of rotatable bonds is 6. The summed E-state index contributed by atoms with van der Waals surface area (Å²) >= 11 is 6.69. The van der Waals surface area contributed by atoms with E-state index < -0.39 is 22.1 Å². The van der Waals surface area contributed by atoms with Crippen LogP contribution in [0.1, 0.15) is 12.0 Å². The predicted octanol–water partition coefficient (Wildman–Crippen LogP) is 0.824. The number of hydrogen-bond acceptors (Lipinski definition) is 5. The van der Waals surface area contributed by atoms with Gasteiger partial charge in [0, 0.05) is 6.54 Å². The Kier molecular flexibility index (Phi) is 5.11. The van der Waals surface area contributed by atoms with E-state index in [2.05, 4.69) is 4.72 Å². The number of sulfonamides is 1. The molecule has 9 heteroatoms. The van der Waals surface area contributed by atoms with Crippen molar-refractivity contribution < 1.29 is 23.4 Å². The normalized spacial score (nSPS) is 13.5. The van der Waals surface area contributed by atoms with Gasteiger partial charge in [-0.1, -0.05) is 11.6 Å². The Bertz CT molecular complexity index is 520. The van der Waals surface area contributed by atoms with E-state index in [9.17, 15) is 13.2 Å². The zero-order valence-corrected chi connectivity index (χ0v) is 11.8. The summed E-state index contributed by atoms with van der Waals surface area (Å²) in [4.78, 5) is 10.3. The monoisotopic (exact) mass is 313 g/mol. The van der Waals surface area contributed by atoms with Crippen LogP contribution >= 0.6 is 22.9 Å². The van der Waals surface area contributed by atoms with Crippen molar-refractivity contribution in [3.63, 3.8) is 0 Å². The molecule has 0 fully saturated rings. The lowest BCUT2D eigenvalue weighted by molar-refractivity contribution is -0.146. The van der Waals surface area contributed by atoms with Gasteiger partial charge < -0.3 is 10.2 Å². The van der Waals surface area contributed by atoms with Gasteiger partial charge >= 0.3 is 5.97 Å². The van der Waals surface area contributed by atoms with Crippen molar-refractivity contribution in [2.45, 2.75) is 23.7 Å². The lowest BCUT2D eigenvalue weighted by atomic mass is 10.3. The van der Waals surface area contributed by atoms with Crippen molar-refractivity contribution >= 4 is 38.9 Å². The Balaban J connectivity index is 2.63. The second-order valence-corrected chi connectivity index (χ2v) is 7.21. The Morgan fingerprint density at radius 2 is 2.22 bits per heavy atom. The van der Waals surface area contributed by atoms with Gasteiger partial charge in [-0.25, -0.2) is 17.9 Å². The molecule has 1 unspecified atom stereocenters. The molecule has 1 aromatic rings. The number of nitrogens with one attached hydrogen (secondary N) is 1. The molecule has 1 atom stereocenters. The van der Waals surface area contributed by atoms with Crippen molar-refractivity contribution in [2.75, 3.05) is 6.54 Å². The van der Waals surface area contributed by atoms with Gasteiger partial charge in [-0.2, -0.15) is 0 Å². The SMILES string of the molecule is Cc1cc(S(=O)(=O)NCCC(O)C(=O)O)sc1Cl. The fourth-order valence-electron chi connectivity index (χ4n) is 1.09. The van der Waals surface area contributed by atoms with Crippen LogP contribution in [-0.2, 0) is 14.8 Å². The van der Waals surface area contributed by atoms with Crippen LogP contribution in [0.25, 0.3) is 0 Å². The van der Waals surface area contributed by atoms with Gasteiger partial charge in [0.1, 0.15) is 4.21 Å². The zero-order chi connectivity index (χ0) is 13.9. The highest BCUT2D eigenvalue weighted by Crippen LogP contribution is 2.29. The summed E-state index contributed by atoms with van der Waals surface area (Å²) in [5.74, 6) is -1.38. The van der Waals surface area contributed by atoms with Crippen LogP contribution in [0, 0.1) is 6.92 Å². The van der Waals surface area contributed by atoms with Crippen molar-refractivity contribution in [2.24, 2.45) is 0 Å². The maximum absolute atomic E-state index is 11.8. The summed E-state index contributed by atoms with van der Waals surface area (Å²) in [6, 6.07) is 1.43. The first-order chi connectivity index (χ1) is 8.24. The van der Waals surface area contributed by atoms with Gasteiger partial charge in [0.2, 0.25) is 10.0 Å². The molecular weight excluding hydrogens is 302 g/mol. The van der Waals surface area contributed by atoms with E-state index in [1.165, 1.54) is 6.07 Å². The third kappa shape index (κ3) is 3.92. The molecule has 18 heavy (non-hydrogen) atoms. The predicted molar refractivity (Wildman–Crippen MR) is 67.5 cm³/mol. The molecule has 0 aliphatic carbocycles. The Hall–Kier alpha value is -0.670. The molecule has 1 rings (SSSR count). The van der Waals surface area contributed by atoms with Crippen LogP contribution in [0.3, 0.4) is 0 Å². The molecule has 0 saturated carbocycles. The topological polar surface area (TPSA) is 104 Å². The van der Waals surface area contributed by atoms with E-state index in [1.54, 1.807) is 6.92 Å². The van der Waals surface area contributed by atoms with E-state index in [0.717, 1.165) is 11.3 Å². The number of halogens is 1. The largest absolute Gasteiger partial charge is 0.479 e. The number of aryl methyl sites for hydroxylation is 1. The van der Waals surface area contributed by atoms with Crippen LogP contribution in [0.15, 0.2) is 10.3 Å². The van der Waals surface area contributed by atoms with E-state index >= 15 is 0 Å². The molecule has 0 aliphatic heterocycles. The Morgan fingerprint density at radius 1 is 1.61 bits per heavy atom. The maximum atomic E-state index is 11.8. The van der Waals surface area contributed by atoms with Gasteiger partial charge in [-0.3, -0.25) is 0 Å². The molecule has 0 bridgehead atoms. The number of aliphatic carboxylic acids is 1. The summed E-state index contributed by atoms with van der Waals surface area (Å²) in [6.07, 6.45) is -1.78. The molecule has 1 aromatic heterocycles. The average Bonchev–Trinajstić information content (AvgIpc) is 2.59. The van der Waals surface area contributed by atoms with Crippen LogP contribution in [0.4, 0.5) is 0 Å². The Labute approximate surface area is 113 Å². The molecule has 3 N–H and O–H groups in total. The zero-order valence-electron chi connectivity index (χ0n) is 9.38. The molecular formula is C9H12ClNO5S2. The molecule has 0 saturated heterocycles. The minimum absolute atomic E-state index is 0.0646. The number of carbonyl (C=O) groups is 1. The minimum Gasteiger partial charge on any atom is -0.479 e. The van der Waals surface area contributed by atoms with Crippen molar-refractivity contribution in [3.05, 3.63) is 16.0 Å². The molecule has 6 nitrogen and oxygen atoms in total. The van der Waals surface area contributed by atoms with Gasteiger partial charge in [0.25, 0.3) is 0 Å². The van der Waals surface area contributed by atoms with E-state index in [-0.39, 0.29) is 17.2 Å². The second-order valence-electron chi connectivity index (χ2n) is 3.56. The number of hydrogen-bond donors (Lipinski definition) is 3. The fourth-order valence-corrected chi connectivity index (χ4v) is 3.89. The summed E-state index contributed by atoms with van der Waals surface area (Å²) in [6.45, 7) is 1.52. The third-order valence-electron chi connectivity index (χ3n) is 2.09. The second kappa shape index (κ2) is 5.98. The number of aliphatic hydroxyl groups is 1. The summed E-state index contributed by atoms with van der Waals surface area (Å²) < 4.78 is 26.2. The number of thiophene rings is 1. The first kappa shape index (κ1) is 15.4. The highest BCUT2D eigenvalue weighted by molar-refractivity contribution is 7.91. The third-order valence-corrected chi connectivity index (χ3v) is 5.58. The molecule has 0 radical (unpaired) electrons. The lowest BCUT2D eigenvalue weighted by Gasteiger charge is -2.06. The quantitative estimate of drug-likeness (QED) is 0.721. The average molecular weight is 314 g/mol. The van der Waals surface area contributed by atoms with Crippen LogP contribution in [0.5, 0.6) is 0 Å². The van der Waals surface area contributed by atoms with E-state index in [0.29, 0.717) is 9.90 Å². The van der Waals surface area contributed by atoms with Gasteiger partial charge in [-0.15, -0.1) is 11.3 Å². The van der Waals surface area contributed by atoms with Gasteiger partial charge in [-0.05, 0) is 25.0 Å². The standard InChI is InChI=1S/C9H12ClNO5S2/c1-5-4-7(17-8(5)10)18(15,16)11-3-2-6(12)9(13)14/h4,6,11-12H,2-3H2,1H3,(H,13,14). The lowest BCUT2D eigenvalue weighted by Crippen LogP contribution is -2.29. The smallest absolute Gasteiger partial charge is 0.332 e. The summed E-state index contributed by atoms with van der Waals surface area (Å²) in [5, 5.41) is 17.4. The maximum Gasteiger partial charge on any atom is 0.332 e. The van der Waals surface area contributed by atoms with Crippen molar-refractivity contribution in [3.8, 4) is 0 Å². The van der Waals surface area contributed by atoms with Gasteiger partial charge in [0.15, 0.2) is 6.10 Å². The van der Waals surface area contributed by atoms with Gasteiger partial charge in [0.05, 0.1) is 4.34 Å². The van der Waals surface area contributed by atoms with Crippen molar-refractivity contribution in [1.29, 1.82) is 0 Å². The van der Waals surface area contributed by atoms with Crippen LogP contribution in [-0.4, -0.2) is 37.2 Å². The number of aliphatic hydroxyl groups excluding tert-OH is 1. The molecule has 0 amide bonds. The number of carboxylic acid groups (broad SMARTS) is 1. The first-order valence-corrected chi connectivity index (χ1v) is 7.58. The van der Waals surface area contributed by atoms with E-state index in [4.69, 9.17) is 21.8 Å². The first-order valence-electron chi connectivity index (χ1n) is 4.90. The van der Waals surface area contributed by atoms with Crippen LogP contribution in [0.2, 0.25) is 4.34 Å². The summed E-state index contributed by atoms with van der Waals surface area (Å²) in [5.41, 5.74) is 0.660.